The third-order valence-corrected chi connectivity index (χ3v) is 4.35. The van der Waals surface area contributed by atoms with Crippen molar-refractivity contribution in [3.8, 4) is 0 Å². The van der Waals surface area contributed by atoms with Crippen molar-refractivity contribution in [1.82, 2.24) is 5.32 Å². The van der Waals surface area contributed by atoms with Crippen molar-refractivity contribution < 1.29 is 19.4 Å². The second-order valence-corrected chi connectivity index (χ2v) is 6.38. The zero-order valence-corrected chi connectivity index (χ0v) is 15.8. The number of rotatable bonds is 7. The first kappa shape index (κ1) is 20.5. The molecule has 0 spiro atoms. The van der Waals surface area contributed by atoms with Crippen LogP contribution in [0.5, 0.6) is 0 Å². The van der Waals surface area contributed by atoms with E-state index in [4.69, 9.17) is 20.3 Å². The van der Waals surface area contributed by atoms with E-state index < -0.39 is 11.7 Å². The Labute approximate surface area is 159 Å². The second-order valence-electron chi connectivity index (χ2n) is 6.38. The van der Waals surface area contributed by atoms with Crippen LogP contribution in [0.2, 0.25) is 0 Å². The van der Waals surface area contributed by atoms with Crippen molar-refractivity contribution in [2.75, 3.05) is 13.7 Å². The standard InChI is InChI=1S/C20H27N3O4/c1-4-22-19(18(26-3)17(21)20(24)25)23-12-15-9-6-10-16(27-15)14-8-5-7-13(2)11-14/h4-5,7-8,11,15-16H,1,6,9-10,12,21H2,2-3H3,(H,22,23)(H,24,25)/b18-17+/t15-,16+/m1/s1. The minimum absolute atomic E-state index is 0.0338. The van der Waals surface area contributed by atoms with Gasteiger partial charge in [0.2, 0.25) is 0 Å². The maximum Gasteiger partial charge on any atom is 0.355 e. The van der Waals surface area contributed by atoms with Crippen LogP contribution in [0.15, 0.2) is 53.5 Å². The molecule has 1 aliphatic heterocycles. The van der Waals surface area contributed by atoms with Crippen LogP contribution < -0.4 is 11.1 Å². The number of nitrogens with zero attached hydrogens (tertiary/aromatic N) is 1. The normalized spacial score (nSPS) is 21.2. The number of methoxy groups -OCH3 is 1. The van der Waals surface area contributed by atoms with Crippen LogP contribution in [0.25, 0.3) is 0 Å². The number of ether oxygens (including phenoxy) is 2. The minimum atomic E-state index is -1.28. The Kier molecular flexibility index (Phi) is 7.43. The molecule has 1 saturated heterocycles. The van der Waals surface area contributed by atoms with Crippen molar-refractivity contribution in [1.29, 1.82) is 0 Å². The van der Waals surface area contributed by atoms with Gasteiger partial charge in [-0.25, -0.2) is 4.79 Å². The van der Waals surface area contributed by atoms with Gasteiger partial charge in [0.25, 0.3) is 0 Å². The second kappa shape index (κ2) is 9.78. The van der Waals surface area contributed by atoms with Gasteiger partial charge in [-0.15, -0.1) is 0 Å². The summed E-state index contributed by atoms with van der Waals surface area (Å²) in [6.07, 6.45) is 4.24. The van der Waals surface area contributed by atoms with Gasteiger partial charge in [0.1, 0.15) is 0 Å². The van der Waals surface area contributed by atoms with E-state index in [-0.39, 0.29) is 23.8 Å². The molecule has 4 N–H and O–H groups in total. The van der Waals surface area contributed by atoms with Gasteiger partial charge in [-0.3, -0.25) is 4.99 Å². The van der Waals surface area contributed by atoms with Crippen molar-refractivity contribution in [2.45, 2.75) is 38.4 Å². The van der Waals surface area contributed by atoms with E-state index >= 15 is 0 Å². The number of carboxylic acid groups (broad SMARTS) is 1. The Bertz CT molecular complexity index is 742. The molecule has 7 nitrogen and oxygen atoms in total. The molecule has 1 fully saturated rings. The number of aliphatic imine (C=N–C) groups is 1. The van der Waals surface area contributed by atoms with E-state index in [1.807, 2.05) is 6.07 Å². The number of carbonyl (C=O) groups is 1. The van der Waals surface area contributed by atoms with Crippen LogP contribution >= 0.6 is 0 Å². The predicted molar refractivity (Wildman–Crippen MR) is 104 cm³/mol. The number of nitrogens with two attached hydrogens (primary N) is 1. The van der Waals surface area contributed by atoms with Gasteiger partial charge in [-0.1, -0.05) is 36.4 Å². The van der Waals surface area contributed by atoms with Crippen LogP contribution in [-0.4, -0.2) is 36.7 Å². The number of nitrogens with one attached hydrogen (secondary N) is 1. The molecule has 1 aromatic rings. The highest BCUT2D eigenvalue weighted by Crippen LogP contribution is 2.31. The third kappa shape index (κ3) is 5.59. The lowest BCUT2D eigenvalue weighted by molar-refractivity contribution is -0.132. The van der Waals surface area contributed by atoms with Gasteiger partial charge in [0.05, 0.1) is 25.9 Å². The average molecular weight is 373 g/mol. The zero-order chi connectivity index (χ0) is 19.8. The Morgan fingerprint density at radius 2 is 2.30 bits per heavy atom. The smallest absolute Gasteiger partial charge is 0.355 e. The molecule has 7 heteroatoms. The highest BCUT2D eigenvalue weighted by atomic mass is 16.5. The van der Waals surface area contributed by atoms with Gasteiger partial charge >= 0.3 is 5.97 Å². The summed E-state index contributed by atoms with van der Waals surface area (Å²) in [4.78, 5) is 15.6. The SMILES string of the molecule is C=CNC(=NC[C@H]1CCC[C@@H](c2cccc(C)c2)O1)/C(OC)=C(\N)C(=O)O. The van der Waals surface area contributed by atoms with Crippen LogP contribution in [0, 0.1) is 6.92 Å². The van der Waals surface area contributed by atoms with E-state index in [0.717, 1.165) is 19.3 Å². The lowest BCUT2D eigenvalue weighted by Gasteiger charge is -2.30. The summed E-state index contributed by atoms with van der Waals surface area (Å²) >= 11 is 0. The molecule has 2 rings (SSSR count). The lowest BCUT2D eigenvalue weighted by Crippen LogP contribution is -2.30. The molecule has 1 heterocycles. The fourth-order valence-corrected chi connectivity index (χ4v) is 3.05. The number of aryl methyl sites for hydroxylation is 1. The van der Waals surface area contributed by atoms with Crippen molar-refractivity contribution >= 4 is 11.8 Å². The Hall–Kier alpha value is -2.80. The molecule has 1 aromatic carbocycles. The predicted octanol–water partition coefficient (Wildman–Crippen LogP) is 2.64. The Morgan fingerprint density at radius 3 is 2.93 bits per heavy atom. The van der Waals surface area contributed by atoms with E-state index in [1.165, 1.54) is 24.4 Å². The molecule has 27 heavy (non-hydrogen) atoms. The number of carboxylic acids is 1. The first-order valence-electron chi connectivity index (χ1n) is 8.87. The summed E-state index contributed by atoms with van der Waals surface area (Å²) in [6.45, 7) is 6.01. The van der Waals surface area contributed by atoms with Crippen LogP contribution in [0.4, 0.5) is 0 Å². The number of benzene rings is 1. The summed E-state index contributed by atoms with van der Waals surface area (Å²) in [5.74, 6) is -1.10. The Balaban J connectivity index is 2.14. The molecule has 0 bridgehead atoms. The van der Waals surface area contributed by atoms with E-state index in [0.29, 0.717) is 6.54 Å². The fourth-order valence-electron chi connectivity index (χ4n) is 3.05. The van der Waals surface area contributed by atoms with Crippen molar-refractivity contribution in [3.63, 3.8) is 0 Å². The van der Waals surface area contributed by atoms with Crippen LogP contribution in [0.1, 0.15) is 36.5 Å². The topological polar surface area (TPSA) is 106 Å². The van der Waals surface area contributed by atoms with Crippen molar-refractivity contribution in [3.05, 3.63) is 59.6 Å². The van der Waals surface area contributed by atoms with Crippen LogP contribution in [-0.2, 0) is 14.3 Å². The molecule has 0 radical (unpaired) electrons. The number of hydrogen-bond donors (Lipinski definition) is 3. The fraction of sp³-hybridized carbons (Fsp3) is 0.400. The van der Waals surface area contributed by atoms with Gasteiger partial charge in [-0.05, 0) is 37.9 Å². The minimum Gasteiger partial charge on any atom is -0.491 e. The first-order valence-corrected chi connectivity index (χ1v) is 8.87. The monoisotopic (exact) mass is 373 g/mol. The molecular formula is C20H27N3O4. The molecule has 0 amide bonds. The molecule has 0 unspecified atom stereocenters. The largest absolute Gasteiger partial charge is 0.491 e. The van der Waals surface area contributed by atoms with E-state index in [1.54, 1.807) is 0 Å². The third-order valence-electron chi connectivity index (χ3n) is 4.35. The maximum absolute atomic E-state index is 11.1. The zero-order valence-electron chi connectivity index (χ0n) is 15.8. The summed E-state index contributed by atoms with van der Waals surface area (Å²) in [6, 6.07) is 8.31. The van der Waals surface area contributed by atoms with E-state index in [9.17, 15) is 4.79 Å². The molecule has 0 aliphatic carbocycles. The average Bonchev–Trinajstić information content (AvgIpc) is 2.66. The summed E-state index contributed by atoms with van der Waals surface area (Å²) in [5.41, 5.74) is 7.54. The van der Waals surface area contributed by atoms with Gasteiger partial charge < -0.3 is 25.6 Å². The van der Waals surface area contributed by atoms with Gasteiger partial charge in [-0.2, -0.15) is 0 Å². The molecule has 2 atom stereocenters. The maximum atomic E-state index is 11.1. The number of amidine groups is 1. The molecule has 0 saturated carbocycles. The molecular weight excluding hydrogens is 346 g/mol. The summed E-state index contributed by atoms with van der Waals surface area (Å²) in [5, 5.41) is 11.9. The Morgan fingerprint density at radius 1 is 1.52 bits per heavy atom. The lowest BCUT2D eigenvalue weighted by atomic mass is 9.97. The quantitative estimate of drug-likeness (QED) is 0.294. The summed E-state index contributed by atoms with van der Waals surface area (Å²) in [7, 11) is 1.34. The highest BCUT2D eigenvalue weighted by Gasteiger charge is 2.24. The number of aliphatic carboxylic acids is 1. The van der Waals surface area contributed by atoms with Gasteiger partial charge in [0, 0.05) is 0 Å². The highest BCUT2D eigenvalue weighted by molar-refractivity contribution is 6.03. The molecule has 0 aromatic heterocycles. The van der Waals surface area contributed by atoms with Crippen LogP contribution in [0.3, 0.4) is 0 Å². The van der Waals surface area contributed by atoms with Crippen molar-refractivity contribution in [2.24, 2.45) is 10.7 Å². The molecule has 146 valence electrons. The first-order chi connectivity index (χ1) is 13.0. The number of hydrogen-bond acceptors (Lipinski definition) is 5. The summed E-state index contributed by atoms with van der Waals surface area (Å²) < 4.78 is 11.3. The van der Waals surface area contributed by atoms with E-state index in [2.05, 4.69) is 42.0 Å². The molecule has 1 aliphatic rings. The van der Waals surface area contributed by atoms with Gasteiger partial charge in [0.15, 0.2) is 17.3 Å².